The molecular weight excluding hydrogens is 452 g/mol. The van der Waals surface area contributed by atoms with Gasteiger partial charge in [-0.25, -0.2) is 4.79 Å². The molecule has 0 aliphatic heterocycles. The lowest BCUT2D eigenvalue weighted by molar-refractivity contribution is 0.0697. The fourth-order valence-electron chi connectivity index (χ4n) is 2.58. The van der Waals surface area contributed by atoms with Crippen LogP contribution < -0.4 is 8.43 Å². The van der Waals surface area contributed by atoms with Gasteiger partial charge >= 0.3 is 16.2 Å². The second-order valence-electron chi connectivity index (χ2n) is 5.96. The molecule has 30 heavy (non-hydrogen) atoms. The number of halogens is 1. The Kier molecular flexibility index (Phi) is 6.01. The second-order valence-corrected chi connectivity index (χ2v) is 9.90. The molecule has 3 rings (SSSR count). The molecule has 156 valence electrons. The van der Waals surface area contributed by atoms with E-state index in [1.165, 1.54) is 36.4 Å². The quantitative estimate of drug-likeness (QED) is 0.548. The van der Waals surface area contributed by atoms with Crippen LogP contribution in [-0.4, -0.2) is 27.9 Å². The van der Waals surface area contributed by atoms with Crippen LogP contribution in [0.4, 0.5) is 11.4 Å². The van der Waals surface area contributed by atoms with Crippen molar-refractivity contribution in [2.24, 2.45) is 0 Å². The Morgan fingerprint density at radius 2 is 1.43 bits per heavy atom. The van der Waals surface area contributed by atoms with Crippen LogP contribution in [0, 0.1) is 0 Å². The molecule has 2 N–H and O–H groups in total. The maximum absolute atomic E-state index is 13.3. The molecule has 0 aliphatic rings. The molecule has 0 radical (unpaired) electrons. The number of carbonyl (C=O) groups is 1. The van der Waals surface area contributed by atoms with E-state index in [9.17, 15) is 26.7 Å². The molecule has 11 heteroatoms. The summed E-state index contributed by atoms with van der Waals surface area (Å²) in [5.74, 6) is -1.45. The molecule has 0 saturated heterocycles. The minimum Gasteiger partial charge on any atom is -0.478 e. The van der Waals surface area contributed by atoms with Crippen molar-refractivity contribution in [1.82, 2.24) is 0 Å². The Hall–Kier alpha value is -3.08. The topological polar surface area (TPSA) is 121 Å². The van der Waals surface area contributed by atoms with Gasteiger partial charge in [0.2, 0.25) is 0 Å². The molecule has 3 aromatic carbocycles. The van der Waals surface area contributed by atoms with Crippen LogP contribution in [0.1, 0.15) is 10.4 Å². The first kappa shape index (κ1) is 21.6. The zero-order valence-corrected chi connectivity index (χ0v) is 17.5. The van der Waals surface area contributed by atoms with Gasteiger partial charge < -0.3 is 5.11 Å². The van der Waals surface area contributed by atoms with Crippen molar-refractivity contribution >= 4 is 49.2 Å². The number of aromatic carboxylic acids is 1. The molecule has 0 amide bonds. The molecule has 0 aliphatic carbocycles. The number of anilines is 2. The fourth-order valence-corrected chi connectivity index (χ4v) is 6.19. The summed E-state index contributed by atoms with van der Waals surface area (Å²) < 4.78 is 55.3. The predicted molar refractivity (Wildman–Crippen MR) is 114 cm³/mol. The number of hydrogen-bond donors (Lipinski definition) is 2. The average molecular weight is 467 g/mol. The summed E-state index contributed by atoms with van der Waals surface area (Å²) in [5, 5.41) is 9.06. The molecule has 0 heterocycles. The predicted octanol–water partition coefficient (Wildman–Crippen LogP) is 3.59. The first-order chi connectivity index (χ1) is 14.1. The van der Waals surface area contributed by atoms with E-state index < -0.39 is 36.7 Å². The van der Waals surface area contributed by atoms with Gasteiger partial charge in [-0.3, -0.25) is 4.72 Å². The third-order valence-corrected chi connectivity index (χ3v) is 8.04. The Balaban J connectivity index is 2.18. The van der Waals surface area contributed by atoms with Gasteiger partial charge in [-0.15, -0.1) is 3.71 Å². The van der Waals surface area contributed by atoms with Crippen molar-refractivity contribution in [3.05, 3.63) is 89.4 Å². The number of hydrogen-bond acceptors (Lipinski definition) is 5. The first-order valence-electron chi connectivity index (χ1n) is 8.34. The van der Waals surface area contributed by atoms with E-state index in [4.69, 9.17) is 11.6 Å². The van der Waals surface area contributed by atoms with Crippen molar-refractivity contribution in [1.29, 1.82) is 0 Å². The van der Waals surface area contributed by atoms with Crippen LogP contribution in [0.5, 0.6) is 0 Å². The van der Waals surface area contributed by atoms with E-state index in [-0.39, 0.29) is 20.1 Å². The van der Waals surface area contributed by atoms with Crippen LogP contribution >= 0.6 is 11.6 Å². The summed E-state index contributed by atoms with van der Waals surface area (Å²) in [4.78, 5) is 10.8. The van der Waals surface area contributed by atoms with Gasteiger partial charge in [0.25, 0.3) is 10.0 Å². The highest BCUT2D eigenvalue weighted by atomic mass is 35.5. The lowest BCUT2D eigenvalue weighted by Gasteiger charge is -2.24. The monoisotopic (exact) mass is 466 g/mol. The lowest BCUT2D eigenvalue weighted by atomic mass is 10.2. The van der Waals surface area contributed by atoms with Crippen LogP contribution in [0.3, 0.4) is 0 Å². The standard InChI is InChI=1S/C19H15ClN2O6S2/c20-18-12-11-16(13-17(18)19(23)24)29(25,26)22(15-9-5-2-6-10-15)30(27,28)21-14-7-3-1-4-8-14/h1-13,21H,(H,23,24). The van der Waals surface area contributed by atoms with Crippen molar-refractivity contribution in [2.75, 3.05) is 8.43 Å². The number of benzene rings is 3. The van der Waals surface area contributed by atoms with Gasteiger partial charge in [-0.2, -0.15) is 16.8 Å². The molecule has 0 unspecified atom stereocenters. The first-order valence-corrected chi connectivity index (χ1v) is 11.6. The highest BCUT2D eigenvalue weighted by Gasteiger charge is 2.36. The lowest BCUT2D eigenvalue weighted by Crippen LogP contribution is -2.40. The highest BCUT2D eigenvalue weighted by Crippen LogP contribution is 2.30. The van der Waals surface area contributed by atoms with Gasteiger partial charge in [0.1, 0.15) is 0 Å². The van der Waals surface area contributed by atoms with Gasteiger partial charge in [0.15, 0.2) is 0 Å². The minimum absolute atomic E-state index is 0.149. The van der Waals surface area contributed by atoms with E-state index in [1.54, 1.807) is 24.3 Å². The summed E-state index contributed by atoms with van der Waals surface area (Å²) in [6.45, 7) is 0. The molecule has 0 atom stereocenters. The smallest absolute Gasteiger partial charge is 0.337 e. The molecule has 0 bridgehead atoms. The van der Waals surface area contributed by atoms with E-state index in [0.29, 0.717) is 0 Å². The maximum atomic E-state index is 13.3. The van der Waals surface area contributed by atoms with E-state index in [2.05, 4.69) is 4.72 Å². The number of carboxylic acids is 1. The van der Waals surface area contributed by atoms with Crippen LogP contribution in [0.15, 0.2) is 83.8 Å². The summed E-state index contributed by atoms with van der Waals surface area (Å²) in [6.07, 6.45) is 0. The molecule has 0 aromatic heterocycles. The molecule has 0 fully saturated rings. The summed E-state index contributed by atoms with van der Waals surface area (Å²) in [7, 11) is -9.41. The molecule has 0 saturated carbocycles. The Morgan fingerprint density at radius 1 is 0.867 bits per heavy atom. The Labute approximate surface area is 178 Å². The zero-order valence-electron chi connectivity index (χ0n) is 15.1. The largest absolute Gasteiger partial charge is 0.478 e. The van der Waals surface area contributed by atoms with Gasteiger partial charge in [-0.1, -0.05) is 48.0 Å². The fraction of sp³-hybridized carbons (Fsp3) is 0. The van der Waals surface area contributed by atoms with E-state index in [1.807, 2.05) is 0 Å². The Morgan fingerprint density at radius 3 is 2.00 bits per heavy atom. The van der Waals surface area contributed by atoms with Gasteiger partial charge in [-0.05, 0) is 42.5 Å². The number of para-hydroxylation sites is 2. The van der Waals surface area contributed by atoms with E-state index >= 15 is 0 Å². The number of nitrogens with zero attached hydrogens (tertiary/aromatic N) is 1. The number of nitrogens with one attached hydrogen (secondary N) is 1. The normalized spacial score (nSPS) is 11.6. The van der Waals surface area contributed by atoms with Crippen LogP contribution in [0.2, 0.25) is 5.02 Å². The van der Waals surface area contributed by atoms with Crippen LogP contribution in [-0.2, 0) is 20.2 Å². The SMILES string of the molecule is O=C(O)c1cc(S(=O)(=O)N(c2ccccc2)S(=O)(=O)Nc2ccccc2)ccc1Cl. The molecule has 8 nitrogen and oxygen atoms in total. The van der Waals surface area contributed by atoms with Gasteiger partial charge in [0, 0.05) is 0 Å². The van der Waals surface area contributed by atoms with Crippen molar-refractivity contribution in [3.8, 4) is 0 Å². The van der Waals surface area contributed by atoms with Crippen molar-refractivity contribution in [3.63, 3.8) is 0 Å². The summed E-state index contributed by atoms with van der Waals surface area (Å²) in [6, 6.07) is 17.8. The minimum atomic E-state index is -4.74. The summed E-state index contributed by atoms with van der Waals surface area (Å²) >= 11 is 5.82. The second kappa shape index (κ2) is 8.34. The third kappa shape index (κ3) is 4.40. The van der Waals surface area contributed by atoms with E-state index in [0.717, 1.165) is 18.2 Å². The molecular formula is C19H15ClN2O6S2. The van der Waals surface area contributed by atoms with Crippen molar-refractivity contribution < 1.29 is 26.7 Å². The number of rotatable bonds is 7. The number of carboxylic acid groups (broad SMARTS) is 1. The van der Waals surface area contributed by atoms with Crippen LogP contribution in [0.25, 0.3) is 0 Å². The maximum Gasteiger partial charge on any atom is 0.337 e. The van der Waals surface area contributed by atoms with Crippen molar-refractivity contribution in [2.45, 2.75) is 4.90 Å². The zero-order chi connectivity index (χ0) is 21.9. The van der Waals surface area contributed by atoms with Gasteiger partial charge in [0.05, 0.1) is 26.9 Å². The number of sulfonamides is 1. The third-order valence-electron chi connectivity index (χ3n) is 3.89. The average Bonchev–Trinajstić information content (AvgIpc) is 2.68. The highest BCUT2D eigenvalue weighted by molar-refractivity contribution is 8.10. The Bertz CT molecular complexity index is 1280. The molecule has 0 spiro atoms. The summed E-state index contributed by atoms with van der Waals surface area (Å²) in [5.41, 5.74) is -0.483. The molecule has 3 aromatic rings.